The minimum Gasteiger partial charge on any atom is -0.489 e. The van der Waals surface area contributed by atoms with Crippen molar-refractivity contribution in [1.29, 1.82) is 10.5 Å². The Labute approximate surface area is 168 Å². The van der Waals surface area contributed by atoms with Gasteiger partial charge in [-0.2, -0.15) is 19.3 Å². The molecule has 0 atom stereocenters. The summed E-state index contributed by atoms with van der Waals surface area (Å²) in [6.45, 7) is 0.345. The van der Waals surface area contributed by atoms with Crippen LogP contribution in [-0.2, 0) is 6.61 Å². The van der Waals surface area contributed by atoms with Gasteiger partial charge < -0.3 is 15.5 Å². The van der Waals surface area contributed by atoms with Gasteiger partial charge >= 0.3 is 0 Å². The molecule has 2 heterocycles. The SMILES string of the molecule is N#Cc1c(N)[nH]c(=O)c(C#N)c1-c1ccc(OCc2ccc3nsnc3c2)cc1. The Balaban J connectivity index is 1.61. The predicted molar refractivity (Wildman–Crippen MR) is 108 cm³/mol. The molecule has 3 N–H and O–H groups in total. The molecule has 0 unspecified atom stereocenters. The molecule has 8 nitrogen and oxygen atoms in total. The summed E-state index contributed by atoms with van der Waals surface area (Å²) in [4.78, 5) is 14.4. The molecule has 0 amide bonds. The van der Waals surface area contributed by atoms with Crippen LogP contribution in [0.2, 0.25) is 0 Å². The van der Waals surface area contributed by atoms with E-state index in [1.165, 1.54) is 0 Å². The molecule has 140 valence electrons. The van der Waals surface area contributed by atoms with Gasteiger partial charge in [0.05, 0.1) is 11.7 Å². The Morgan fingerprint density at radius 3 is 2.48 bits per heavy atom. The van der Waals surface area contributed by atoms with Crippen molar-refractivity contribution in [2.75, 3.05) is 5.73 Å². The van der Waals surface area contributed by atoms with Crippen LogP contribution in [0.4, 0.5) is 5.82 Å². The average molecular weight is 400 g/mol. The molecule has 0 spiro atoms. The van der Waals surface area contributed by atoms with Gasteiger partial charge in [-0.15, -0.1) is 0 Å². The minimum absolute atomic E-state index is 0.0555. The zero-order chi connectivity index (χ0) is 20.4. The van der Waals surface area contributed by atoms with E-state index in [0.717, 1.165) is 28.3 Å². The van der Waals surface area contributed by atoms with Crippen molar-refractivity contribution >= 4 is 28.6 Å². The number of aromatic amines is 1. The third-order valence-corrected chi connectivity index (χ3v) is 4.89. The van der Waals surface area contributed by atoms with Crippen LogP contribution in [-0.4, -0.2) is 13.7 Å². The van der Waals surface area contributed by atoms with Crippen molar-refractivity contribution < 1.29 is 4.74 Å². The summed E-state index contributed by atoms with van der Waals surface area (Å²) in [6.07, 6.45) is 0. The molecule has 0 saturated heterocycles. The van der Waals surface area contributed by atoms with Gasteiger partial charge in [-0.25, -0.2) is 0 Å². The van der Waals surface area contributed by atoms with E-state index in [1.807, 2.05) is 30.3 Å². The second kappa shape index (κ2) is 7.43. The molecule has 0 fully saturated rings. The molecular weight excluding hydrogens is 388 g/mol. The summed E-state index contributed by atoms with van der Waals surface area (Å²) in [5.74, 6) is 0.527. The molecule has 0 saturated carbocycles. The maximum absolute atomic E-state index is 12.0. The Bertz CT molecular complexity index is 1360. The van der Waals surface area contributed by atoms with Crippen LogP contribution in [0.15, 0.2) is 47.3 Å². The summed E-state index contributed by atoms with van der Waals surface area (Å²) in [5.41, 5.74) is 8.38. The summed E-state index contributed by atoms with van der Waals surface area (Å²) in [5, 5.41) is 18.7. The van der Waals surface area contributed by atoms with Crippen molar-refractivity contribution in [3.8, 4) is 29.0 Å². The van der Waals surface area contributed by atoms with Crippen molar-refractivity contribution in [3.05, 3.63) is 69.5 Å². The Kier molecular flexibility index (Phi) is 4.65. The fourth-order valence-corrected chi connectivity index (χ4v) is 3.45. The molecule has 0 bridgehead atoms. The number of nitrogens with zero attached hydrogens (tertiary/aromatic N) is 4. The lowest BCUT2D eigenvalue weighted by Crippen LogP contribution is -2.16. The first kappa shape index (κ1) is 18.2. The monoisotopic (exact) mass is 400 g/mol. The van der Waals surface area contributed by atoms with Crippen molar-refractivity contribution in [2.24, 2.45) is 0 Å². The fourth-order valence-electron chi connectivity index (χ4n) is 2.93. The fraction of sp³-hybridized carbons (Fsp3) is 0.0500. The Morgan fingerprint density at radius 2 is 1.76 bits per heavy atom. The summed E-state index contributed by atoms with van der Waals surface area (Å²) in [6, 6.07) is 16.3. The standard InChI is InChI=1S/C20H12N6O2S/c21-8-14-18(15(9-22)20(27)24-19(14)23)12-2-4-13(5-3-12)28-10-11-1-6-16-17(7-11)26-29-25-16/h1-7H,10H2,(H3,23,24,27). The number of nitrogens with one attached hydrogen (secondary N) is 1. The highest BCUT2D eigenvalue weighted by Gasteiger charge is 2.18. The van der Waals surface area contributed by atoms with E-state index >= 15 is 0 Å². The van der Waals surface area contributed by atoms with Crippen molar-refractivity contribution in [1.82, 2.24) is 13.7 Å². The van der Waals surface area contributed by atoms with Crippen LogP contribution < -0.4 is 16.0 Å². The first-order valence-electron chi connectivity index (χ1n) is 8.41. The van der Waals surface area contributed by atoms with Gasteiger partial charge in [-0.1, -0.05) is 18.2 Å². The zero-order valence-electron chi connectivity index (χ0n) is 14.8. The molecule has 4 aromatic rings. The van der Waals surface area contributed by atoms with Gasteiger partial charge in [-0.3, -0.25) is 4.79 Å². The predicted octanol–water partition coefficient (Wildman–Crippen LogP) is 2.95. The highest BCUT2D eigenvalue weighted by atomic mass is 32.1. The van der Waals surface area contributed by atoms with E-state index in [-0.39, 0.29) is 22.5 Å². The van der Waals surface area contributed by atoms with Gasteiger partial charge in [0, 0.05) is 5.56 Å². The largest absolute Gasteiger partial charge is 0.489 e. The molecule has 0 radical (unpaired) electrons. The number of hydrogen-bond acceptors (Lipinski definition) is 8. The normalized spacial score (nSPS) is 10.4. The van der Waals surface area contributed by atoms with Gasteiger partial charge in [0.25, 0.3) is 5.56 Å². The van der Waals surface area contributed by atoms with Crippen LogP contribution in [0.1, 0.15) is 16.7 Å². The Hall–Kier alpha value is -4.21. The number of anilines is 1. The lowest BCUT2D eigenvalue weighted by atomic mass is 9.96. The molecule has 2 aromatic heterocycles. The third kappa shape index (κ3) is 3.38. The van der Waals surface area contributed by atoms with Crippen molar-refractivity contribution in [3.63, 3.8) is 0 Å². The van der Waals surface area contributed by atoms with Gasteiger partial charge in [0.15, 0.2) is 0 Å². The first-order valence-corrected chi connectivity index (χ1v) is 9.14. The molecule has 0 aliphatic rings. The van der Waals surface area contributed by atoms with E-state index in [0.29, 0.717) is 17.9 Å². The zero-order valence-corrected chi connectivity index (χ0v) is 15.7. The highest BCUT2D eigenvalue weighted by molar-refractivity contribution is 7.00. The van der Waals surface area contributed by atoms with Crippen LogP contribution in [0.3, 0.4) is 0 Å². The topological polar surface area (TPSA) is 141 Å². The summed E-state index contributed by atoms with van der Waals surface area (Å²) in [7, 11) is 0. The second-order valence-corrected chi connectivity index (χ2v) is 6.65. The van der Waals surface area contributed by atoms with E-state index in [2.05, 4.69) is 13.7 Å². The second-order valence-electron chi connectivity index (χ2n) is 6.12. The first-order chi connectivity index (χ1) is 14.1. The number of nitrogens with two attached hydrogens (primary N) is 1. The molecule has 2 aromatic carbocycles. The minimum atomic E-state index is -0.633. The van der Waals surface area contributed by atoms with Crippen LogP contribution in [0, 0.1) is 22.7 Å². The Morgan fingerprint density at radius 1 is 1.03 bits per heavy atom. The molecule has 0 aliphatic carbocycles. The number of rotatable bonds is 4. The molecule has 0 aliphatic heterocycles. The van der Waals surface area contributed by atoms with Gasteiger partial charge in [0.1, 0.15) is 52.5 Å². The molecule has 9 heteroatoms. The number of H-pyrrole nitrogens is 1. The van der Waals surface area contributed by atoms with Crippen LogP contribution in [0.25, 0.3) is 22.2 Å². The molecule has 29 heavy (non-hydrogen) atoms. The van der Waals surface area contributed by atoms with Crippen LogP contribution >= 0.6 is 11.7 Å². The average Bonchev–Trinajstić information content (AvgIpc) is 3.20. The van der Waals surface area contributed by atoms with E-state index in [1.54, 1.807) is 24.3 Å². The summed E-state index contributed by atoms with van der Waals surface area (Å²) < 4.78 is 14.2. The number of aromatic nitrogens is 3. The van der Waals surface area contributed by atoms with Gasteiger partial charge in [0.2, 0.25) is 0 Å². The maximum atomic E-state index is 12.0. The molecule has 4 rings (SSSR count). The maximum Gasteiger partial charge on any atom is 0.268 e. The third-order valence-electron chi connectivity index (χ3n) is 4.33. The number of benzene rings is 2. The van der Waals surface area contributed by atoms with E-state index in [9.17, 15) is 15.3 Å². The number of hydrogen-bond donors (Lipinski definition) is 2. The van der Waals surface area contributed by atoms with E-state index < -0.39 is 5.56 Å². The number of ether oxygens (including phenoxy) is 1. The molecular formula is C20H12N6O2S. The number of pyridine rings is 1. The number of fused-ring (bicyclic) bond motifs is 1. The highest BCUT2D eigenvalue weighted by Crippen LogP contribution is 2.29. The number of nitrogen functional groups attached to an aromatic ring is 1. The lowest BCUT2D eigenvalue weighted by Gasteiger charge is -2.10. The van der Waals surface area contributed by atoms with Gasteiger partial charge in [-0.05, 0) is 35.4 Å². The summed E-state index contributed by atoms with van der Waals surface area (Å²) >= 11 is 1.16. The van der Waals surface area contributed by atoms with E-state index in [4.69, 9.17) is 10.5 Å². The lowest BCUT2D eigenvalue weighted by molar-refractivity contribution is 0.306. The number of nitriles is 2. The smallest absolute Gasteiger partial charge is 0.268 e. The quantitative estimate of drug-likeness (QED) is 0.536. The van der Waals surface area contributed by atoms with Crippen LogP contribution in [0.5, 0.6) is 5.75 Å². The van der Waals surface area contributed by atoms with Crippen molar-refractivity contribution in [2.45, 2.75) is 6.61 Å².